The first kappa shape index (κ1) is 19.4. The molecule has 1 aliphatic heterocycles. The van der Waals surface area contributed by atoms with Gasteiger partial charge in [0, 0.05) is 24.8 Å². The van der Waals surface area contributed by atoms with E-state index in [4.69, 9.17) is 4.42 Å². The second kappa shape index (κ2) is 7.49. The van der Waals surface area contributed by atoms with E-state index < -0.39 is 21.7 Å². The Kier molecular flexibility index (Phi) is 5.01. The zero-order valence-electron chi connectivity index (χ0n) is 15.8. The van der Waals surface area contributed by atoms with Crippen LogP contribution in [0.1, 0.15) is 18.4 Å². The summed E-state index contributed by atoms with van der Waals surface area (Å²) in [5.41, 5.74) is 2.34. The molecule has 2 N–H and O–H groups in total. The Morgan fingerprint density at radius 1 is 1.24 bits per heavy atom. The van der Waals surface area contributed by atoms with Crippen molar-refractivity contribution in [2.75, 3.05) is 18.4 Å². The van der Waals surface area contributed by atoms with Crippen LogP contribution in [-0.4, -0.2) is 36.7 Å². The number of anilines is 1. The van der Waals surface area contributed by atoms with Crippen LogP contribution in [0.3, 0.4) is 0 Å². The van der Waals surface area contributed by atoms with Crippen LogP contribution in [0.15, 0.2) is 56.6 Å². The van der Waals surface area contributed by atoms with Crippen molar-refractivity contribution in [1.82, 2.24) is 9.29 Å². The SMILES string of the molecule is Cc1cccc(NC(=O)C2CCCN(S(=O)(=O)c3ccc4[nH]c(=O)oc4c3)C2)c1. The van der Waals surface area contributed by atoms with Crippen LogP contribution < -0.4 is 11.1 Å². The fraction of sp³-hybridized carbons (Fsp3) is 0.300. The van der Waals surface area contributed by atoms with Gasteiger partial charge in [-0.2, -0.15) is 4.31 Å². The van der Waals surface area contributed by atoms with Crippen molar-refractivity contribution in [3.05, 3.63) is 58.6 Å². The maximum atomic E-state index is 13.1. The highest BCUT2D eigenvalue weighted by Gasteiger charge is 2.33. The quantitative estimate of drug-likeness (QED) is 0.680. The molecule has 1 atom stereocenters. The predicted octanol–water partition coefficient (Wildman–Crippen LogP) is 2.47. The monoisotopic (exact) mass is 415 g/mol. The topological polar surface area (TPSA) is 112 Å². The van der Waals surface area contributed by atoms with E-state index in [9.17, 15) is 18.0 Å². The number of fused-ring (bicyclic) bond motifs is 1. The van der Waals surface area contributed by atoms with Crippen LogP contribution in [0, 0.1) is 12.8 Å². The molecular formula is C20H21N3O5S. The summed E-state index contributed by atoms with van der Waals surface area (Å²) in [6, 6.07) is 11.7. The van der Waals surface area contributed by atoms with Crippen molar-refractivity contribution in [2.24, 2.45) is 5.92 Å². The van der Waals surface area contributed by atoms with Gasteiger partial charge in [0.25, 0.3) is 0 Å². The third kappa shape index (κ3) is 3.96. The number of aromatic nitrogens is 1. The first-order valence-corrected chi connectivity index (χ1v) is 10.8. The molecule has 0 aliphatic carbocycles. The minimum atomic E-state index is -3.81. The highest BCUT2D eigenvalue weighted by molar-refractivity contribution is 7.89. The fourth-order valence-electron chi connectivity index (χ4n) is 3.58. The van der Waals surface area contributed by atoms with E-state index in [1.54, 1.807) is 0 Å². The van der Waals surface area contributed by atoms with Crippen LogP contribution in [-0.2, 0) is 14.8 Å². The highest BCUT2D eigenvalue weighted by atomic mass is 32.2. The van der Waals surface area contributed by atoms with E-state index in [0.717, 1.165) is 5.56 Å². The van der Waals surface area contributed by atoms with Crippen molar-refractivity contribution in [2.45, 2.75) is 24.7 Å². The summed E-state index contributed by atoms with van der Waals surface area (Å²) in [4.78, 5) is 26.5. The van der Waals surface area contributed by atoms with Crippen molar-refractivity contribution < 1.29 is 17.6 Å². The number of nitrogens with one attached hydrogen (secondary N) is 2. The van der Waals surface area contributed by atoms with E-state index in [1.807, 2.05) is 31.2 Å². The molecule has 1 aromatic heterocycles. The van der Waals surface area contributed by atoms with E-state index in [-0.39, 0.29) is 22.9 Å². The lowest BCUT2D eigenvalue weighted by Crippen LogP contribution is -2.43. The molecule has 2 heterocycles. The van der Waals surface area contributed by atoms with Crippen molar-refractivity contribution in [3.63, 3.8) is 0 Å². The molecule has 8 nitrogen and oxygen atoms in total. The lowest BCUT2D eigenvalue weighted by atomic mass is 9.98. The Bertz CT molecular complexity index is 1230. The molecule has 152 valence electrons. The van der Waals surface area contributed by atoms with Gasteiger partial charge in [-0.25, -0.2) is 13.2 Å². The summed E-state index contributed by atoms with van der Waals surface area (Å²) < 4.78 is 32.4. The number of sulfonamides is 1. The van der Waals surface area contributed by atoms with E-state index >= 15 is 0 Å². The molecule has 1 saturated heterocycles. The number of aromatic amines is 1. The smallest absolute Gasteiger partial charge is 0.408 e. The van der Waals surface area contributed by atoms with Gasteiger partial charge < -0.3 is 9.73 Å². The highest BCUT2D eigenvalue weighted by Crippen LogP contribution is 2.26. The number of benzene rings is 2. The third-order valence-electron chi connectivity index (χ3n) is 5.07. The Morgan fingerprint density at radius 2 is 2.07 bits per heavy atom. The molecule has 9 heteroatoms. The molecule has 0 spiro atoms. The van der Waals surface area contributed by atoms with Crippen LogP contribution in [0.2, 0.25) is 0 Å². The molecule has 0 bridgehead atoms. The summed E-state index contributed by atoms with van der Waals surface area (Å²) in [5, 5.41) is 2.88. The van der Waals surface area contributed by atoms with Gasteiger partial charge in [0.1, 0.15) is 0 Å². The molecule has 3 aromatic rings. The fourth-order valence-corrected chi connectivity index (χ4v) is 5.12. The zero-order valence-corrected chi connectivity index (χ0v) is 16.7. The molecule has 1 amide bonds. The second-order valence-corrected chi connectivity index (χ2v) is 9.17. The minimum absolute atomic E-state index is 0.0347. The number of rotatable bonds is 4. The van der Waals surface area contributed by atoms with E-state index in [1.165, 1.54) is 22.5 Å². The molecule has 1 aliphatic rings. The molecule has 0 radical (unpaired) electrons. The number of amides is 1. The molecule has 0 saturated carbocycles. The van der Waals surface area contributed by atoms with Gasteiger partial charge in [0.05, 0.1) is 16.3 Å². The zero-order chi connectivity index (χ0) is 20.6. The van der Waals surface area contributed by atoms with Crippen LogP contribution >= 0.6 is 0 Å². The van der Waals surface area contributed by atoms with E-state index in [0.29, 0.717) is 30.6 Å². The van der Waals surface area contributed by atoms with Crippen molar-refractivity contribution >= 4 is 32.7 Å². The molecule has 4 rings (SSSR count). The van der Waals surface area contributed by atoms with Gasteiger partial charge in [-0.15, -0.1) is 0 Å². The summed E-state index contributed by atoms with van der Waals surface area (Å²) in [6.07, 6.45) is 1.21. The van der Waals surface area contributed by atoms with Crippen molar-refractivity contribution in [1.29, 1.82) is 0 Å². The summed E-state index contributed by atoms with van der Waals surface area (Å²) in [5.74, 6) is -1.27. The molecule has 1 unspecified atom stereocenters. The minimum Gasteiger partial charge on any atom is -0.408 e. The number of carbonyl (C=O) groups excluding carboxylic acids is 1. The molecule has 2 aromatic carbocycles. The maximum absolute atomic E-state index is 13.1. The lowest BCUT2D eigenvalue weighted by molar-refractivity contribution is -0.120. The summed E-state index contributed by atoms with van der Waals surface area (Å²) in [7, 11) is -3.81. The predicted molar refractivity (Wildman–Crippen MR) is 108 cm³/mol. The van der Waals surface area contributed by atoms with Gasteiger partial charge in [-0.1, -0.05) is 12.1 Å². The number of oxazole rings is 1. The number of hydrogen-bond acceptors (Lipinski definition) is 5. The van der Waals surface area contributed by atoms with Gasteiger partial charge >= 0.3 is 5.76 Å². The Balaban J connectivity index is 1.53. The normalized spacial score (nSPS) is 18.0. The number of piperidine rings is 1. The average Bonchev–Trinajstić information content (AvgIpc) is 3.07. The maximum Gasteiger partial charge on any atom is 0.417 e. The number of nitrogens with zero attached hydrogens (tertiary/aromatic N) is 1. The number of hydrogen-bond donors (Lipinski definition) is 2. The molecule has 29 heavy (non-hydrogen) atoms. The van der Waals surface area contributed by atoms with Crippen LogP contribution in [0.5, 0.6) is 0 Å². The van der Waals surface area contributed by atoms with Gasteiger partial charge in [-0.3, -0.25) is 9.78 Å². The Hall–Kier alpha value is -2.91. The third-order valence-corrected chi connectivity index (χ3v) is 6.93. The van der Waals surface area contributed by atoms with Gasteiger partial charge in [-0.05, 0) is 49.6 Å². The standard InChI is InChI=1S/C20H21N3O5S/c1-13-4-2-6-15(10-13)21-19(24)14-5-3-9-23(12-14)29(26,27)16-7-8-17-18(11-16)28-20(25)22-17/h2,4,6-8,10-11,14H,3,5,9,12H2,1H3,(H,21,24)(H,22,25). The summed E-state index contributed by atoms with van der Waals surface area (Å²) >= 11 is 0. The van der Waals surface area contributed by atoms with Crippen molar-refractivity contribution in [3.8, 4) is 0 Å². The molecular weight excluding hydrogens is 394 g/mol. The Labute approximate surface area is 167 Å². The first-order valence-electron chi connectivity index (χ1n) is 9.33. The number of aryl methyl sites for hydroxylation is 1. The van der Waals surface area contributed by atoms with Crippen LogP contribution in [0.25, 0.3) is 11.1 Å². The number of H-pyrrole nitrogens is 1. The Morgan fingerprint density at radius 3 is 2.86 bits per heavy atom. The van der Waals surface area contributed by atoms with Gasteiger partial charge in [0.2, 0.25) is 15.9 Å². The number of carbonyl (C=O) groups is 1. The second-order valence-electron chi connectivity index (χ2n) is 7.23. The average molecular weight is 415 g/mol. The summed E-state index contributed by atoms with van der Waals surface area (Å²) in [6.45, 7) is 2.38. The van der Waals surface area contributed by atoms with Crippen LogP contribution in [0.4, 0.5) is 5.69 Å². The first-order chi connectivity index (χ1) is 13.8. The van der Waals surface area contributed by atoms with E-state index in [2.05, 4.69) is 10.3 Å². The lowest BCUT2D eigenvalue weighted by Gasteiger charge is -2.31. The molecule has 1 fully saturated rings. The largest absolute Gasteiger partial charge is 0.417 e. The van der Waals surface area contributed by atoms with Gasteiger partial charge in [0.15, 0.2) is 5.58 Å².